The molecule has 1 atom stereocenters. The Balaban J connectivity index is 1.53. The third-order valence-corrected chi connectivity index (χ3v) is 7.93. The molecule has 1 aromatic heterocycles. The lowest BCUT2D eigenvalue weighted by Gasteiger charge is -2.26. The van der Waals surface area contributed by atoms with E-state index in [0.717, 1.165) is 10.5 Å². The van der Waals surface area contributed by atoms with E-state index in [1.165, 1.54) is 23.7 Å². The van der Waals surface area contributed by atoms with E-state index in [9.17, 15) is 18.0 Å². The largest absolute Gasteiger partial charge is 0.495 e. The van der Waals surface area contributed by atoms with Gasteiger partial charge in [0.15, 0.2) is 0 Å². The standard InChI is InChI=1S/C24H21N3O5S/c1-15-12-17-6-3-4-8-19(17)27(15)33(30,31)21-13-16(9-10-20(21)32-2)14-26-23(28)18-7-5-11-25-22(18)24(26)29/h3-11,13,15H,12,14H2,1-2H3/t15-/m0/s1. The first-order valence-corrected chi connectivity index (χ1v) is 11.9. The summed E-state index contributed by atoms with van der Waals surface area (Å²) in [5.41, 5.74) is 2.44. The summed E-state index contributed by atoms with van der Waals surface area (Å²) in [6.45, 7) is 1.78. The van der Waals surface area contributed by atoms with Crippen molar-refractivity contribution in [2.45, 2.75) is 30.8 Å². The Bertz CT molecular complexity index is 1370. The van der Waals surface area contributed by atoms with Crippen molar-refractivity contribution in [3.8, 4) is 5.75 Å². The number of amides is 2. The summed E-state index contributed by atoms with van der Waals surface area (Å²) >= 11 is 0. The van der Waals surface area contributed by atoms with Crippen molar-refractivity contribution >= 4 is 27.5 Å². The van der Waals surface area contributed by atoms with Gasteiger partial charge in [0.05, 0.1) is 24.9 Å². The Kier molecular flexibility index (Phi) is 4.93. The molecule has 2 aliphatic rings. The van der Waals surface area contributed by atoms with E-state index in [1.807, 2.05) is 25.1 Å². The van der Waals surface area contributed by atoms with E-state index in [0.29, 0.717) is 17.7 Å². The van der Waals surface area contributed by atoms with Crippen molar-refractivity contribution in [2.24, 2.45) is 0 Å². The van der Waals surface area contributed by atoms with Gasteiger partial charge in [-0.3, -0.25) is 23.8 Å². The lowest BCUT2D eigenvalue weighted by Crippen LogP contribution is -2.36. The Labute approximate surface area is 191 Å². The van der Waals surface area contributed by atoms with E-state index in [-0.39, 0.29) is 34.5 Å². The van der Waals surface area contributed by atoms with Crippen LogP contribution in [0, 0.1) is 0 Å². The minimum atomic E-state index is -3.97. The smallest absolute Gasteiger partial charge is 0.280 e. The van der Waals surface area contributed by atoms with E-state index >= 15 is 0 Å². The van der Waals surface area contributed by atoms with Crippen LogP contribution in [-0.4, -0.2) is 43.3 Å². The number of hydrogen-bond acceptors (Lipinski definition) is 6. The summed E-state index contributed by atoms with van der Waals surface area (Å²) in [6.07, 6.45) is 2.07. The quantitative estimate of drug-likeness (QED) is 0.540. The molecule has 0 aliphatic carbocycles. The average Bonchev–Trinajstić information content (AvgIpc) is 3.28. The molecule has 3 heterocycles. The fraction of sp³-hybridized carbons (Fsp3) is 0.208. The topological polar surface area (TPSA) is 96.9 Å². The van der Waals surface area contributed by atoms with Crippen molar-refractivity contribution in [2.75, 3.05) is 11.4 Å². The van der Waals surface area contributed by atoms with Crippen LogP contribution >= 0.6 is 0 Å². The average molecular weight is 464 g/mol. The zero-order valence-electron chi connectivity index (χ0n) is 18.1. The van der Waals surface area contributed by atoms with Gasteiger partial charge in [-0.1, -0.05) is 24.3 Å². The van der Waals surface area contributed by atoms with E-state index in [4.69, 9.17) is 4.74 Å². The van der Waals surface area contributed by atoms with Gasteiger partial charge in [-0.25, -0.2) is 8.42 Å². The Morgan fingerprint density at radius 3 is 2.61 bits per heavy atom. The van der Waals surface area contributed by atoms with Crippen LogP contribution in [0.5, 0.6) is 5.75 Å². The highest BCUT2D eigenvalue weighted by molar-refractivity contribution is 7.93. The number of carbonyl (C=O) groups is 2. The fourth-order valence-electron chi connectivity index (χ4n) is 4.47. The van der Waals surface area contributed by atoms with Crippen LogP contribution in [0.2, 0.25) is 0 Å². The summed E-state index contributed by atoms with van der Waals surface area (Å²) in [7, 11) is -2.57. The predicted molar refractivity (Wildman–Crippen MR) is 121 cm³/mol. The van der Waals surface area contributed by atoms with Crippen molar-refractivity contribution in [3.63, 3.8) is 0 Å². The number of nitrogens with zero attached hydrogens (tertiary/aromatic N) is 3. The number of methoxy groups -OCH3 is 1. The van der Waals surface area contributed by atoms with E-state index < -0.39 is 21.8 Å². The molecule has 0 N–H and O–H groups in total. The fourth-order valence-corrected chi connectivity index (χ4v) is 6.37. The maximum absolute atomic E-state index is 13.8. The van der Waals surface area contributed by atoms with Crippen LogP contribution in [0.15, 0.2) is 65.7 Å². The number of pyridine rings is 1. The van der Waals surface area contributed by atoms with Crippen LogP contribution in [0.4, 0.5) is 5.69 Å². The summed E-state index contributed by atoms with van der Waals surface area (Å²) < 4.78 is 34.3. The van der Waals surface area contributed by atoms with Gasteiger partial charge in [-0.2, -0.15) is 0 Å². The molecule has 3 aromatic rings. The van der Waals surface area contributed by atoms with Crippen LogP contribution in [0.3, 0.4) is 0 Å². The third-order valence-electron chi connectivity index (χ3n) is 5.98. The number of carbonyl (C=O) groups excluding carboxylic acids is 2. The second kappa shape index (κ2) is 7.70. The van der Waals surface area contributed by atoms with Crippen molar-refractivity contribution < 1.29 is 22.7 Å². The molecular formula is C24H21N3O5S. The normalized spacial score (nSPS) is 17.3. The second-order valence-electron chi connectivity index (χ2n) is 8.06. The molecule has 0 unspecified atom stereocenters. The lowest BCUT2D eigenvalue weighted by molar-refractivity contribution is 0.0640. The molecule has 168 valence electrons. The molecule has 0 spiro atoms. The van der Waals surface area contributed by atoms with Gasteiger partial charge in [0.2, 0.25) is 0 Å². The maximum atomic E-state index is 13.8. The number of para-hydroxylation sites is 1. The number of rotatable bonds is 5. The van der Waals surface area contributed by atoms with Crippen LogP contribution in [-0.2, 0) is 23.0 Å². The molecule has 0 saturated carbocycles. The molecule has 9 heteroatoms. The molecule has 0 bridgehead atoms. The predicted octanol–water partition coefficient (Wildman–Crippen LogP) is 3.03. The minimum Gasteiger partial charge on any atom is -0.495 e. The number of imide groups is 1. The maximum Gasteiger partial charge on any atom is 0.280 e. The molecule has 8 nitrogen and oxygen atoms in total. The van der Waals surface area contributed by atoms with Gasteiger partial charge in [-0.05, 0) is 54.8 Å². The number of sulfonamides is 1. The summed E-state index contributed by atoms with van der Waals surface area (Å²) in [5, 5.41) is 0. The number of ether oxygens (including phenoxy) is 1. The Hall–Kier alpha value is -3.72. The highest BCUT2D eigenvalue weighted by Crippen LogP contribution is 2.39. The van der Waals surface area contributed by atoms with Gasteiger partial charge in [-0.15, -0.1) is 0 Å². The van der Waals surface area contributed by atoms with Crippen LogP contribution < -0.4 is 9.04 Å². The van der Waals surface area contributed by atoms with E-state index in [2.05, 4.69) is 4.98 Å². The van der Waals surface area contributed by atoms with E-state index in [1.54, 1.807) is 30.3 Å². The van der Waals surface area contributed by atoms with Gasteiger partial charge in [0.1, 0.15) is 16.3 Å². The monoisotopic (exact) mass is 463 g/mol. The highest BCUT2D eigenvalue weighted by Gasteiger charge is 2.39. The highest BCUT2D eigenvalue weighted by atomic mass is 32.2. The van der Waals surface area contributed by atoms with Crippen LogP contribution in [0.25, 0.3) is 0 Å². The first kappa shape index (κ1) is 21.1. The minimum absolute atomic E-state index is 0.0132. The molecule has 33 heavy (non-hydrogen) atoms. The summed E-state index contributed by atoms with van der Waals surface area (Å²) in [6, 6.07) is 15.0. The summed E-state index contributed by atoms with van der Waals surface area (Å²) in [5.74, 6) is -0.761. The van der Waals surface area contributed by atoms with Gasteiger partial charge in [0.25, 0.3) is 21.8 Å². The second-order valence-corrected chi connectivity index (χ2v) is 9.85. The van der Waals surface area contributed by atoms with Crippen LogP contribution in [0.1, 0.15) is 38.9 Å². The van der Waals surface area contributed by atoms with Crippen molar-refractivity contribution in [1.29, 1.82) is 0 Å². The van der Waals surface area contributed by atoms with Crippen molar-refractivity contribution in [1.82, 2.24) is 9.88 Å². The Morgan fingerprint density at radius 1 is 1.06 bits per heavy atom. The number of anilines is 1. The number of fused-ring (bicyclic) bond motifs is 2. The summed E-state index contributed by atoms with van der Waals surface area (Å²) in [4.78, 5) is 30.5. The molecule has 2 amide bonds. The Morgan fingerprint density at radius 2 is 1.85 bits per heavy atom. The number of benzene rings is 2. The zero-order chi connectivity index (χ0) is 23.3. The molecular weight excluding hydrogens is 442 g/mol. The SMILES string of the molecule is COc1ccc(CN2C(=O)c3cccnc3C2=O)cc1S(=O)(=O)N1c2ccccc2C[C@@H]1C. The molecule has 0 radical (unpaired) electrons. The van der Waals surface area contributed by atoms with Gasteiger partial charge >= 0.3 is 0 Å². The molecule has 2 aliphatic heterocycles. The lowest BCUT2D eigenvalue weighted by atomic mass is 10.1. The van der Waals surface area contributed by atoms with Gasteiger partial charge < -0.3 is 4.74 Å². The first-order chi connectivity index (χ1) is 15.8. The molecule has 5 rings (SSSR count). The molecule has 0 fully saturated rings. The molecule has 0 saturated heterocycles. The molecule has 2 aromatic carbocycles. The number of aromatic nitrogens is 1. The van der Waals surface area contributed by atoms with Gasteiger partial charge in [0, 0.05) is 12.2 Å². The van der Waals surface area contributed by atoms with Crippen molar-refractivity contribution in [3.05, 3.63) is 83.2 Å². The zero-order valence-corrected chi connectivity index (χ0v) is 18.9. The first-order valence-electron chi connectivity index (χ1n) is 10.4. The third kappa shape index (κ3) is 3.27. The number of hydrogen-bond donors (Lipinski definition) is 0.